The van der Waals surface area contributed by atoms with Gasteiger partial charge >= 0.3 is 0 Å². The second kappa shape index (κ2) is 9.71. The average molecular weight is 502 g/mol. The molecule has 0 radical (unpaired) electrons. The Kier molecular flexibility index (Phi) is 7.55. The van der Waals surface area contributed by atoms with E-state index >= 15 is 0 Å². The van der Waals surface area contributed by atoms with Crippen LogP contribution in [0.5, 0.6) is 0 Å². The molecule has 2 N–H and O–H groups in total. The Hall–Kier alpha value is -0.930. The minimum atomic E-state index is -0.195. The zero-order valence-corrected chi connectivity index (χ0v) is 19.0. The number of hydrogen-bond donors (Lipinski definition) is 2. The first-order chi connectivity index (χ1) is 13.2. The number of guanidine groups is 1. The van der Waals surface area contributed by atoms with Gasteiger partial charge in [-0.15, -0.1) is 24.0 Å². The number of rotatable bonds is 7. The van der Waals surface area contributed by atoms with Gasteiger partial charge in [0.25, 0.3) is 0 Å². The van der Waals surface area contributed by atoms with Crippen LogP contribution in [0, 0.1) is 17.2 Å². The molecule has 156 valence electrons. The Morgan fingerprint density at radius 3 is 2.46 bits per heavy atom. The molecule has 1 aliphatic heterocycles. The molecule has 3 aliphatic rings. The SMILES string of the molecule is CN=C(NCC(c1ccc(F)cc1)N1CCOCC1)NCC1(C2CC2)CC1.I. The molecular formula is C21H32FIN4O. The Labute approximate surface area is 184 Å². The number of benzene rings is 1. The Morgan fingerprint density at radius 2 is 1.89 bits per heavy atom. The van der Waals surface area contributed by atoms with Crippen LogP contribution in [0.4, 0.5) is 4.39 Å². The van der Waals surface area contributed by atoms with Gasteiger partial charge in [0, 0.05) is 33.2 Å². The van der Waals surface area contributed by atoms with Crippen LogP contribution in [-0.2, 0) is 4.74 Å². The highest BCUT2D eigenvalue weighted by molar-refractivity contribution is 14.0. The number of aliphatic imine (C=N–C) groups is 1. The maximum Gasteiger partial charge on any atom is 0.191 e. The normalized spacial score (nSPS) is 22.9. The van der Waals surface area contributed by atoms with Crippen molar-refractivity contribution in [1.82, 2.24) is 15.5 Å². The predicted octanol–water partition coefficient (Wildman–Crippen LogP) is 3.17. The van der Waals surface area contributed by atoms with Gasteiger partial charge in [-0.3, -0.25) is 9.89 Å². The van der Waals surface area contributed by atoms with Crippen molar-refractivity contribution in [2.45, 2.75) is 31.7 Å². The minimum absolute atomic E-state index is 0. The van der Waals surface area contributed by atoms with E-state index in [0.29, 0.717) is 5.41 Å². The molecular weight excluding hydrogens is 470 g/mol. The van der Waals surface area contributed by atoms with Gasteiger partial charge in [-0.25, -0.2) is 4.39 Å². The summed E-state index contributed by atoms with van der Waals surface area (Å²) >= 11 is 0. The third-order valence-electron chi connectivity index (χ3n) is 6.37. The van der Waals surface area contributed by atoms with Crippen molar-refractivity contribution >= 4 is 29.9 Å². The van der Waals surface area contributed by atoms with Crippen LogP contribution in [0.25, 0.3) is 0 Å². The molecule has 3 fully saturated rings. The van der Waals surface area contributed by atoms with Crippen LogP contribution >= 0.6 is 24.0 Å². The first kappa shape index (κ1) is 21.8. The lowest BCUT2D eigenvalue weighted by atomic mass is 10.0. The van der Waals surface area contributed by atoms with E-state index in [1.807, 2.05) is 19.2 Å². The standard InChI is InChI=1S/C21H31FN4O.HI/c1-23-20(25-15-21(8-9-21)17-4-5-17)24-14-19(26-10-12-27-13-11-26)16-2-6-18(22)7-3-16;/h2-3,6-7,17,19H,4-5,8-15H2,1H3,(H2,23,24,25);1H. The monoisotopic (exact) mass is 502 g/mol. The lowest BCUT2D eigenvalue weighted by Gasteiger charge is -2.35. The molecule has 0 bridgehead atoms. The summed E-state index contributed by atoms with van der Waals surface area (Å²) < 4.78 is 18.9. The smallest absolute Gasteiger partial charge is 0.191 e. The van der Waals surface area contributed by atoms with Crippen LogP contribution in [0.3, 0.4) is 0 Å². The molecule has 2 aliphatic carbocycles. The molecule has 0 aromatic heterocycles. The minimum Gasteiger partial charge on any atom is -0.379 e. The van der Waals surface area contributed by atoms with Crippen molar-refractivity contribution in [1.29, 1.82) is 0 Å². The van der Waals surface area contributed by atoms with E-state index in [0.717, 1.165) is 56.8 Å². The fraction of sp³-hybridized carbons (Fsp3) is 0.667. The zero-order valence-electron chi connectivity index (χ0n) is 16.6. The van der Waals surface area contributed by atoms with E-state index in [4.69, 9.17) is 4.74 Å². The largest absolute Gasteiger partial charge is 0.379 e. The Morgan fingerprint density at radius 1 is 1.21 bits per heavy atom. The number of nitrogens with one attached hydrogen (secondary N) is 2. The molecule has 1 aromatic carbocycles. The van der Waals surface area contributed by atoms with E-state index in [2.05, 4.69) is 20.5 Å². The van der Waals surface area contributed by atoms with Gasteiger partial charge in [0.05, 0.1) is 19.3 Å². The maximum absolute atomic E-state index is 13.4. The summed E-state index contributed by atoms with van der Waals surface area (Å²) in [6, 6.07) is 7.04. The highest BCUT2D eigenvalue weighted by atomic mass is 127. The highest BCUT2D eigenvalue weighted by Crippen LogP contribution is 2.60. The molecule has 28 heavy (non-hydrogen) atoms. The van der Waals surface area contributed by atoms with Crippen molar-refractivity contribution in [2.24, 2.45) is 16.3 Å². The van der Waals surface area contributed by atoms with Gasteiger partial charge in [-0.05, 0) is 54.7 Å². The molecule has 5 nitrogen and oxygen atoms in total. The van der Waals surface area contributed by atoms with Gasteiger partial charge in [0.2, 0.25) is 0 Å². The zero-order chi connectivity index (χ0) is 18.7. The topological polar surface area (TPSA) is 48.9 Å². The molecule has 1 unspecified atom stereocenters. The number of ether oxygens (including phenoxy) is 1. The summed E-state index contributed by atoms with van der Waals surface area (Å²) in [5, 5.41) is 7.05. The third kappa shape index (κ3) is 5.36. The number of halogens is 2. The quantitative estimate of drug-likeness (QED) is 0.342. The third-order valence-corrected chi connectivity index (χ3v) is 6.37. The van der Waals surface area contributed by atoms with E-state index in [1.165, 1.54) is 25.7 Å². The summed E-state index contributed by atoms with van der Waals surface area (Å²) in [7, 11) is 1.83. The second-order valence-electron chi connectivity index (χ2n) is 8.16. The van der Waals surface area contributed by atoms with Gasteiger partial charge in [0.15, 0.2) is 5.96 Å². The number of morpholine rings is 1. The van der Waals surface area contributed by atoms with Crippen molar-refractivity contribution in [2.75, 3.05) is 46.4 Å². The summed E-state index contributed by atoms with van der Waals surface area (Å²) in [5.74, 6) is 1.60. The molecule has 0 amide bonds. The second-order valence-corrected chi connectivity index (χ2v) is 8.16. The van der Waals surface area contributed by atoms with Crippen LogP contribution < -0.4 is 10.6 Å². The van der Waals surface area contributed by atoms with Crippen LogP contribution in [0.1, 0.15) is 37.3 Å². The summed E-state index contributed by atoms with van der Waals surface area (Å²) in [5.41, 5.74) is 1.66. The lowest BCUT2D eigenvalue weighted by Crippen LogP contribution is -2.47. The molecule has 2 saturated carbocycles. The van der Waals surface area contributed by atoms with E-state index in [1.54, 1.807) is 12.1 Å². The molecule has 1 heterocycles. The number of nitrogens with zero attached hydrogens (tertiary/aromatic N) is 2. The molecule has 4 rings (SSSR count). The fourth-order valence-electron chi connectivity index (χ4n) is 4.29. The van der Waals surface area contributed by atoms with Crippen LogP contribution in [-0.4, -0.2) is 57.3 Å². The van der Waals surface area contributed by atoms with Crippen molar-refractivity contribution in [3.8, 4) is 0 Å². The molecule has 1 atom stereocenters. The fourth-order valence-corrected chi connectivity index (χ4v) is 4.29. The van der Waals surface area contributed by atoms with Gasteiger partial charge < -0.3 is 15.4 Å². The molecule has 0 spiro atoms. The summed E-state index contributed by atoms with van der Waals surface area (Å²) in [6.07, 6.45) is 5.51. The van der Waals surface area contributed by atoms with Gasteiger partial charge in [-0.1, -0.05) is 12.1 Å². The molecule has 1 aromatic rings. The Balaban J connectivity index is 0.00000225. The van der Waals surface area contributed by atoms with E-state index in [9.17, 15) is 4.39 Å². The summed E-state index contributed by atoms with van der Waals surface area (Å²) in [4.78, 5) is 6.82. The summed E-state index contributed by atoms with van der Waals surface area (Å²) in [6.45, 7) is 5.03. The van der Waals surface area contributed by atoms with Crippen LogP contribution in [0.15, 0.2) is 29.3 Å². The molecule has 1 saturated heterocycles. The van der Waals surface area contributed by atoms with Crippen molar-refractivity contribution in [3.63, 3.8) is 0 Å². The van der Waals surface area contributed by atoms with E-state index < -0.39 is 0 Å². The van der Waals surface area contributed by atoms with Crippen molar-refractivity contribution in [3.05, 3.63) is 35.6 Å². The number of hydrogen-bond acceptors (Lipinski definition) is 3. The first-order valence-electron chi connectivity index (χ1n) is 10.2. The van der Waals surface area contributed by atoms with Crippen LogP contribution in [0.2, 0.25) is 0 Å². The van der Waals surface area contributed by atoms with Crippen molar-refractivity contribution < 1.29 is 9.13 Å². The highest BCUT2D eigenvalue weighted by Gasteiger charge is 2.53. The average Bonchev–Trinajstić information content (AvgIpc) is 3.60. The predicted molar refractivity (Wildman–Crippen MR) is 121 cm³/mol. The first-order valence-corrected chi connectivity index (χ1v) is 10.2. The van der Waals surface area contributed by atoms with Gasteiger partial charge in [0.1, 0.15) is 5.82 Å². The lowest BCUT2D eigenvalue weighted by molar-refractivity contribution is 0.0170. The Bertz CT molecular complexity index is 655. The van der Waals surface area contributed by atoms with E-state index in [-0.39, 0.29) is 35.8 Å². The maximum atomic E-state index is 13.4. The molecule has 7 heteroatoms. The van der Waals surface area contributed by atoms with Gasteiger partial charge in [-0.2, -0.15) is 0 Å².